The maximum atomic E-state index is 12.8. The van der Waals surface area contributed by atoms with E-state index in [1.807, 2.05) is 6.08 Å². The minimum Gasteiger partial charge on any atom is -0.478 e. The second kappa shape index (κ2) is 8.09. The number of hydrogen-bond acceptors (Lipinski definition) is 2. The van der Waals surface area contributed by atoms with E-state index < -0.39 is 5.97 Å². The van der Waals surface area contributed by atoms with E-state index >= 15 is 0 Å². The lowest BCUT2D eigenvalue weighted by atomic mass is 9.43. The zero-order chi connectivity index (χ0) is 24.4. The van der Waals surface area contributed by atoms with Crippen molar-refractivity contribution in [1.29, 1.82) is 0 Å². The van der Waals surface area contributed by atoms with E-state index in [2.05, 4.69) is 41.5 Å². The Hall–Kier alpha value is -1.38. The first-order valence-electron chi connectivity index (χ1n) is 13.5. The molecule has 0 aliphatic heterocycles. The number of fused-ring (bicyclic) bond motifs is 4. The molecular formula is C30H46O3. The first kappa shape index (κ1) is 24.7. The van der Waals surface area contributed by atoms with Crippen LogP contribution in [0.3, 0.4) is 0 Å². The Bertz CT molecular complexity index is 908. The van der Waals surface area contributed by atoms with Crippen LogP contribution < -0.4 is 0 Å². The van der Waals surface area contributed by atoms with Gasteiger partial charge in [0.15, 0.2) is 0 Å². The minimum absolute atomic E-state index is 0.193. The molecular weight excluding hydrogens is 408 g/mol. The molecule has 4 rings (SSSR count). The molecule has 0 aromatic carbocycles. The lowest BCUT2D eigenvalue weighted by Crippen LogP contribution is -2.53. The number of carboxylic acid groups (broad SMARTS) is 1. The standard InChI is InChI=1S/C30H46O3/c1-19(9-8-10-20(2)26(32)33)21-13-17-30(7)23-11-12-24-27(3,4)25(31)15-16-28(24,5)22(23)14-18-29(21,30)6/h10,19,21,24H,8-9,11-18H2,1-7H3,(H,32,33)/b20-10+/t19-,21-,24-,28+,29-,30+/m0/s1. The summed E-state index contributed by atoms with van der Waals surface area (Å²) >= 11 is 0. The first-order chi connectivity index (χ1) is 15.3. The summed E-state index contributed by atoms with van der Waals surface area (Å²) in [4.78, 5) is 23.9. The van der Waals surface area contributed by atoms with Crippen molar-refractivity contribution in [2.45, 2.75) is 113 Å². The van der Waals surface area contributed by atoms with Gasteiger partial charge >= 0.3 is 5.97 Å². The maximum Gasteiger partial charge on any atom is 0.330 e. The van der Waals surface area contributed by atoms with E-state index in [0.717, 1.165) is 25.7 Å². The summed E-state index contributed by atoms with van der Waals surface area (Å²) in [5, 5.41) is 9.16. The van der Waals surface area contributed by atoms with Crippen molar-refractivity contribution < 1.29 is 14.7 Å². The fourth-order valence-electron chi connectivity index (χ4n) is 9.29. The molecule has 4 aliphatic carbocycles. The molecule has 2 fully saturated rings. The molecule has 2 saturated carbocycles. The van der Waals surface area contributed by atoms with Crippen LogP contribution in [0.25, 0.3) is 0 Å². The highest BCUT2D eigenvalue weighted by Gasteiger charge is 2.63. The molecule has 0 aromatic rings. The highest BCUT2D eigenvalue weighted by molar-refractivity contribution is 5.86. The van der Waals surface area contributed by atoms with E-state index in [0.29, 0.717) is 34.5 Å². The average molecular weight is 455 g/mol. The van der Waals surface area contributed by atoms with Crippen LogP contribution in [-0.2, 0) is 9.59 Å². The fraction of sp³-hybridized carbons (Fsp3) is 0.800. The molecule has 0 spiro atoms. The van der Waals surface area contributed by atoms with Crippen LogP contribution in [0, 0.1) is 39.4 Å². The number of carbonyl (C=O) groups excluding carboxylic acids is 1. The Balaban J connectivity index is 1.61. The summed E-state index contributed by atoms with van der Waals surface area (Å²) in [5.41, 5.74) is 4.58. The molecule has 0 aromatic heterocycles. The van der Waals surface area contributed by atoms with Crippen LogP contribution in [0.15, 0.2) is 22.8 Å². The summed E-state index contributed by atoms with van der Waals surface area (Å²) < 4.78 is 0. The molecule has 184 valence electrons. The van der Waals surface area contributed by atoms with Crippen molar-refractivity contribution in [3.63, 3.8) is 0 Å². The van der Waals surface area contributed by atoms with Gasteiger partial charge in [-0.2, -0.15) is 0 Å². The summed E-state index contributed by atoms with van der Waals surface area (Å²) in [5.74, 6) is 1.47. The lowest BCUT2D eigenvalue weighted by molar-refractivity contribution is -0.139. The SMILES string of the molecule is C/C(=C\CC[C@H](C)[C@@H]1CC[C@]2(C)C3=C(CC[C@@]12C)[C@@]1(C)CCC(=O)C(C)(C)[C@@H]1CC3)C(=O)O. The number of rotatable bonds is 5. The number of ketones is 1. The number of Topliss-reactive ketones (excluding diaryl/α,β-unsaturated/α-hetero) is 1. The smallest absolute Gasteiger partial charge is 0.330 e. The molecule has 4 aliphatic rings. The van der Waals surface area contributed by atoms with Gasteiger partial charge in [-0.1, -0.05) is 58.8 Å². The van der Waals surface area contributed by atoms with Gasteiger partial charge in [0.2, 0.25) is 0 Å². The second-order valence-electron chi connectivity index (χ2n) is 13.3. The highest BCUT2D eigenvalue weighted by Crippen LogP contribution is 2.72. The zero-order valence-electron chi connectivity index (χ0n) is 22.1. The van der Waals surface area contributed by atoms with Crippen molar-refractivity contribution in [2.75, 3.05) is 0 Å². The Kier molecular flexibility index (Phi) is 6.07. The molecule has 3 nitrogen and oxygen atoms in total. The van der Waals surface area contributed by atoms with E-state index in [1.165, 1.54) is 38.5 Å². The molecule has 3 heteroatoms. The van der Waals surface area contributed by atoms with E-state index in [4.69, 9.17) is 5.11 Å². The van der Waals surface area contributed by atoms with Gasteiger partial charge in [-0.05, 0) is 98.7 Å². The third kappa shape index (κ3) is 3.50. The number of aliphatic carboxylic acids is 1. The number of carboxylic acids is 1. The summed E-state index contributed by atoms with van der Waals surface area (Å²) in [6.45, 7) is 16.2. The van der Waals surface area contributed by atoms with Gasteiger partial charge in [0.05, 0.1) is 0 Å². The average Bonchev–Trinajstić information content (AvgIpc) is 3.02. The number of carbonyl (C=O) groups is 2. The first-order valence-corrected chi connectivity index (χ1v) is 13.5. The van der Waals surface area contributed by atoms with Crippen LogP contribution in [0.5, 0.6) is 0 Å². The van der Waals surface area contributed by atoms with Gasteiger partial charge in [-0.15, -0.1) is 0 Å². The van der Waals surface area contributed by atoms with Gasteiger partial charge in [-0.25, -0.2) is 4.79 Å². The normalized spacial score (nSPS) is 41.3. The molecule has 0 bridgehead atoms. The van der Waals surface area contributed by atoms with Crippen molar-refractivity contribution in [2.24, 2.45) is 39.4 Å². The van der Waals surface area contributed by atoms with Crippen LogP contribution >= 0.6 is 0 Å². The zero-order valence-corrected chi connectivity index (χ0v) is 22.1. The molecule has 0 heterocycles. The minimum atomic E-state index is -0.800. The topological polar surface area (TPSA) is 54.4 Å². The molecule has 6 atom stereocenters. The maximum absolute atomic E-state index is 12.8. The monoisotopic (exact) mass is 454 g/mol. The van der Waals surface area contributed by atoms with Crippen LogP contribution in [-0.4, -0.2) is 16.9 Å². The van der Waals surface area contributed by atoms with Crippen LogP contribution in [0.4, 0.5) is 0 Å². The lowest BCUT2D eigenvalue weighted by Gasteiger charge is -2.61. The summed E-state index contributed by atoms with van der Waals surface area (Å²) in [7, 11) is 0. The molecule has 33 heavy (non-hydrogen) atoms. The Morgan fingerprint density at radius 2 is 1.73 bits per heavy atom. The van der Waals surface area contributed by atoms with Crippen LogP contribution in [0.1, 0.15) is 113 Å². The van der Waals surface area contributed by atoms with Gasteiger partial charge in [-0.3, -0.25) is 4.79 Å². The number of hydrogen-bond donors (Lipinski definition) is 1. The van der Waals surface area contributed by atoms with Crippen molar-refractivity contribution in [1.82, 2.24) is 0 Å². The van der Waals surface area contributed by atoms with Crippen LogP contribution in [0.2, 0.25) is 0 Å². The quantitative estimate of drug-likeness (QED) is 0.341. The van der Waals surface area contributed by atoms with E-state index in [-0.39, 0.29) is 16.2 Å². The molecule has 0 unspecified atom stereocenters. The molecule has 1 N–H and O–H groups in total. The van der Waals surface area contributed by atoms with Gasteiger partial charge < -0.3 is 5.11 Å². The van der Waals surface area contributed by atoms with E-state index in [1.54, 1.807) is 18.1 Å². The Morgan fingerprint density at radius 3 is 2.39 bits per heavy atom. The largest absolute Gasteiger partial charge is 0.478 e. The third-order valence-electron chi connectivity index (χ3n) is 11.7. The van der Waals surface area contributed by atoms with Crippen molar-refractivity contribution in [3.05, 3.63) is 22.8 Å². The predicted molar refractivity (Wildman–Crippen MR) is 134 cm³/mol. The molecule has 0 amide bonds. The second-order valence-corrected chi connectivity index (χ2v) is 13.3. The third-order valence-corrected chi connectivity index (χ3v) is 11.7. The summed E-state index contributed by atoms with van der Waals surface area (Å²) in [6, 6.07) is 0. The Morgan fingerprint density at radius 1 is 1.03 bits per heavy atom. The Labute approximate surface area is 201 Å². The predicted octanol–water partition coefficient (Wildman–Crippen LogP) is 7.75. The molecule has 0 radical (unpaired) electrons. The summed E-state index contributed by atoms with van der Waals surface area (Å²) in [6.07, 6.45) is 13.0. The van der Waals surface area contributed by atoms with Gasteiger partial charge in [0.25, 0.3) is 0 Å². The van der Waals surface area contributed by atoms with Gasteiger partial charge in [0, 0.05) is 17.4 Å². The van der Waals surface area contributed by atoms with E-state index in [9.17, 15) is 9.59 Å². The van der Waals surface area contributed by atoms with Gasteiger partial charge in [0.1, 0.15) is 5.78 Å². The van der Waals surface area contributed by atoms with Crippen molar-refractivity contribution >= 4 is 11.8 Å². The number of allylic oxidation sites excluding steroid dienone is 3. The fourth-order valence-corrected chi connectivity index (χ4v) is 9.29. The van der Waals surface area contributed by atoms with Crippen molar-refractivity contribution in [3.8, 4) is 0 Å². The highest BCUT2D eigenvalue weighted by atomic mass is 16.4. The molecule has 0 saturated heterocycles.